The Morgan fingerprint density at radius 1 is 1.27 bits per heavy atom. The van der Waals surface area contributed by atoms with Crippen LogP contribution < -0.4 is 5.32 Å². The summed E-state index contributed by atoms with van der Waals surface area (Å²) in [4.78, 5) is 37.6. The SMILES string of the molecule is CCC(C)C(=O)OC12CC3CC(C1)CC(C(=O)NC1CCSC1=O)(C3)C2. The van der Waals surface area contributed by atoms with Crippen LogP contribution >= 0.6 is 11.8 Å². The van der Waals surface area contributed by atoms with Gasteiger partial charge in [0.05, 0.1) is 17.4 Å². The van der Waals surface area contributed by atoms with Crippen molar-refractivity contribution in [3.63, 3.8) is 0 Å². The fourth-order valence-corrected chi connectivity index (χ4v) is 6.92. The van der Waals surface area contributed by atoms with Gasteiger partial charge in [-0.05, 0) is 56.8 Å². The number of carbonyl (C=O) groups is 3. The van der Waals surface area contributed by atoms with E-state index in [9.17, 15) is 14.4 Å². The summed E-state index contributed by atoms with van der Waals surface area (Å²) in [6.45, 7) is 3.91. The van der Waals surface area contributed by atoms with Crippen molar-refractivity contribution >= 4 is 28.8 Å². The van der Waals surface area contributed by atoms with Crippen LogP contribution in [0.25, 0.3) is 0 Å². The van der Waals surface area contributed by atoms with Crippen LogP contribution in [0, 0.1) is 23.2 Å². The molecule has 0 spiro atoms. The summed E-state index contributed by atoms with van der Waals surface area (Å²) in [6, 6.07) is -0.334. The van der Waals surface area contributed by atoms with Gasteiger partial charge in [0.1, 0.15) is 5.60 Å². The predicted molar refractivity (Wildman–Crippen MR) is 99.4 cm³/mol. The first-order chi connectivity index (χ1) is 12.3. The maximum absolute atomic E-state index is 13.2. The molecule has 1 aliphatic heterocycles. The van der Waals surface area contributed by atoms with Crippen LogP contribution in [-0.4, -0.2) is 34.4 Å². The summed E-state index contributed by atoms with van der Waals surface area (Å²) < 4.78 is 6.08. The number of carbonyl (C=O) groups excluding carboxylic acids is 3. The molecule has 1 saturated heterocycles. The van der Waals surface area contributed by atoms with E-state index in [-0.39, 0.29) is 29.0 Å². The van der Waals surface area contributed by atoms with E-state index in [1.54, 1.807) is 0 Å². The second-order valence-corrected chi connectivity index (χ2v) is 10.2. The molecule has 0 aromatic carbocycles. The van der Waals surface area contributed by atoms with Crippen LogP contribution in [0.1, 0.15) is 65.2 Å². The molecule has 4 unspecified atom stereocenters. The topological polar surface area (TPSA) is 72.5 Å². The monoisotopic (exact) mass is 379 g/mol. The highest BCUT2D eigenvalue weighted by Crippen LogP contribution is 2.63. The highest BCUT2D eigenvalue weighted by molar-refractivity contribution is 8.14. The number of thioether (sulfide) groups is 1. The van der Waals surface area contributed by atoms with Gasteiger partial charge < -0.3 is 10.1 Å². The van der Waals surface area contributed by atoms with Gasteiger partial charge in [-0.3, -0.25) is 14.4 Å². The van der Waals surface area contributed by atoms with Gasteiger partial charge in [0, 0.05) is 12.2 Å². The minimum Gasteiger partial charge on any atom is -0.459 e. The van der Waals surface area contributed by atoms with Crippen molar-refractivity contribution in [1.82, 2.24) is 5.32 Å². The van der Waals surface area contributed by atoms with Gasteiger partial charge in [-0.2, -0.15) is 0 Å². The van der Waals surface area contributed by atoms with Gasteiger partial charge in [-0.1, -0.05) is 25.6 Å². The van der Waals surface area contributed by atoms with E-state index in [2.05, 4.69) is 5.32 Å². The molecule has 5 rings (SSSR count). The van der Waals surface area contributed by atoms with Crippen molar-refractivity contribution < 1.29 is 19.1 Å². The normalized spacial score (nSPS) is 41.9. The van der Waals surface area contributed by atoms with Crippen LogP contribution in [0.2, 0.25) is 0 Å². The highest BCUT2D eigenvalue weighted by Gasteiger charge is 2.62. The first-order valence-electron chi connectivity index (χ1n) is 10.1. The summed E-state index contributed by atoms with van der Waals surface area (Å²) in [6.07, 6.45) is 6.85. The molecule has 1 heterocycles. The third-order valence-electron chi connectivity index (χ3n) is 7.06. The number of amides is 1. The first-order valence-corrected chi connectivity index (χ1v) is 11.0. The summed E-state index contributed by atoms with van der Waals surface area (Å²) in [5.74, 6) is 1.52. The Kier molecular flexibility index (Phi) is 4.61. The van der Waals surface area contributed by atoms with E-state index < -0.39 is 11.0 Å². The van der Waals surface area contributed by atoms with E-state index in [0.717, 1.165) is 50.7 Å². The molecule has 4 saturated carbocycles. The predicted octanol–water partition coefficient (Wildman–Crippen LogP) is 3.06. The maximum Gasteiger partial charge on any atom is 0.309 e. The lowest BCUT2D eigenvalue weighted by atomic mass is 9.47. The fourth-order valence-electron chi connectivity index (χ4n) is 5.98. The molecule has 1 N–H and O–H groups in total. The van der Waals surface area contributed by atoms with Crippen molar-refractivity contribution in [2.45, 2.75) is 76.9 Å². The maximum atomic E-state index is 13.2. The molecule has 4 aliphatic carbocycles. The van der Waals surface area contributed by atoms with E-state index in [1.807, 2.05) is 13.8 Å². The lowest BCUT2D eigenvalue weighted by Gasteiger charge is -2.60. The van der Waals surface area contributed by atoms with Crippen LogP contribution in [0.15, 0.2) is 0 Å². The molecule has 6 heteroatoms. The molecule has 5 aliphatic rings. The largest absolute Gasteiger partial charge is 0.459 e. The third kappa shape index (κ3) is 3.08. The zero-order chi connectivity index (χ0) is 18.5. The minimum absolute atomic E-state index is 0.0245. The standard InChI is InChI=1S/C20H29NO4S/c1-3-12(2)16(22)25-20-9-13-6-14(10-20)8-19(7-13,11-20)18(24)21-15-4-5-26-17(15)23/h12-15H,3-11H2,1-2H3,(H,21,24). The van der Waals surface area contributed by atoms with Gasteiger partial charge >= 0.3 is 5.97 Å². The molecule has 0 aromatic heterocycles. The average Bonchev–Trinajstić information content (AvgIpc) is 2.97. The van der Waals surface area contributed by atoms with Crippen molar-refractivity contribution in [1.29, 1.82) is 0 Å². The van der Waals surface area contributed by atoms with E-state index in [4.69, 9.17) is 4.74 Å². The number of rotatable bonds is 5. The number of esters is 1. The fraction of sp³-hybridized carbons (Fsp3) is 0.850. The second-order valence-electron chi connectivity index (χ2n) is 9.14. The van der Waals surface area contributed by atoms with Crippen LogP contribution in [-0.2, 0) is 19.1 Å². The molecule has 4 bridgehead atoms. The van der Waals surface area contributed by atoms with Gasteiger partial charge in [0.15, 0.2) is 0 Å². The summed E-state index contributed by atoms with van der Waals surface area (Å²) >= 11 is 1.31. The smallest absolute Gasteiger partial charge is 0.309 e. The van der Waals surface area contributed by atoms with Gasteiger partial charge in [0.2, 0.25) is 11.0 Å². The summed E-state index contributed by atoms with van der Waals surface area (Å²) in [5, 5.41) is 3.12. The van der Waals surface area contributed by atoms with Gasteiger partial charge in [0.25, 0.3) is 0 Å². The zero-order valence-corrected chi connectivity index (χ0v) is 16.5. The summed E-state index contributed by atoms with van der Waals surface area (Å²) in [7, 11) is 0. The average molecular weight is 380 g/mol. The van der Waals surface area contributed by atoms with Crippen LogP contribution in [0.3, 0.4) is 0 Å². The van der Waals surface area contributed by atoms with Crippen molar-refractivity contribution in [2.75, 3.05) is 5.75 Å². The Morgan fingerprint density at radius 3 is 2.54 bits per heavy atom. The van der Waals surface area contributed by atoms with E-state index in [0.29, 0.717) is 18.3 Å². The molecular formula is C20H29NO4S. The first kappa shape index (κ1) is 18.3. The van der Waals surface area contributed by atoms with Gasteiger partial charge in [-0.15, -0.1) is 0 Å². The Hall–Kier alpha value is -1.04. The lowest BCUT2D eigenvalue weighted by molar-refractivity contribution is -0.206. The molecule has 0 radical (unpaired) electrons. The molecule has 0 aromatic rings. The Bertz CT molecular complexity index is 619. The third-order valence-corrected chi connectivity index (χ3v) is 8.07. The molecule has 4 atom stereocenters. The lowest BCUT2D eigenvalue weighted by Crippen LogP contribution is -2.62. The van der Waals surface area contributed by atoms with Crippen LogP contribution in [0.5, 0.6) is 0 Å². The van der Waals surface area contributed by atoms with Crippen molar-refractivity contribution in [3.8, 4) is 0 Å². The Labute approximate surface area is 159 Å². The number of hydrogen-bond donors (Lipinski definition) is 1. The zero-order valence-electron chi connectivity index (χ0n) is 15.7. The van der Waals surface area contributed by atoms with Gasteiger partial charge in [-0.25, -0.2) is 0 Å². The molecule has 5 fully saturated rings. The van der Waals surface area contributed by atoms with Crippen LogP contribution in [0.4, 0.5) is 0 Å². The quantitative estimate of drug-likeness (QED) is 0.743. The molecule has 1 amide bonds. The van der Waals surface area contributed by atoms with Crippen molar-refractivity contribution in [3.05, 3.63) is 0 Å². The van der Waals surface area contributed by atoms with Crippen molar-refractivity contribution in [2.24, 2.45) is 23.2 Å². The molecule has 144 valence electrons. The number of hydrogen-bond acceptors (Lipinski definition) is 5. The number of nitrogens with one attached hydrogen (secondary N) is 1. The number of ether oxygens (including phenoxy) is 1. The highest BCUT2D eigenvalue weighted by atomic mass is 32.2. The molecule has 26 heavy (non-hydrogen) atoms. The minimum atomic E-state index is -0.462. The Morgan fingerprint density at radius 2 is 1.96 bits per heavy atom. The molecule has 5 nitrogen and oxygen atoms in total. The van der Waals surface area contributed by atoms with E-state index >= 15 is 0 Å². The summed E-state index contributed by atoms with van der Waals surface area (Å²) in [5.41, 5.74) is -0.913. The van der Waals surface area contributed by atoms with E-state index in [1.165, 1.54) is 11.8 Å². The second kappa shape index (κ2) is 6.54. The Balaban J connectivity index is 1.53. The molecular weight excluding hydrogens is 350 g/mol.